The molecule has 72 valence electrons. The van der Waals surface area contributed by atoms with Gasteiger partial charge in [-0.05, 0) is 24.0 Å². The lowest BCUT2D eigenvalue weighted by molar-refractivity contribution is 0.102. The van der Waals surface area contributed by atoms with E-state index in [4.69, 9.17) is 11.6 Å². The van der Waals surface area contributed by atoms with Crippen LogP contribution in [0.25, 0.3) is 0 Å². The number of rotatable bonds is 0. The number of fused-ring (bicyclic) bond motifs is 1. The minimum atomic E-state index is -0.967. The van der Waals surface area contributed by atoms with Crippen LogP contribution in [0.5, 0.6) is 0 Å². The number of aliphatic hydroxyl groups is 1. The quantitative estimate of drug-likeness (QED) is 0.509. The van der Waals surface area contributed by atoms with E-state index in [0.29, 0.717) is 6.42 Å². The first kappa shape index (κ1) is 9.58. The van der Waals surface area contributed by atoms with Crippen molar-refractivity contribution in [1.29, 1.82) is 0 Å². The lowest BCUT2D eigenvalue weighted by atomic mass is 9.97. The Hall–Kier alpha value is -0.970. The fraction of sp³-hybridized carbons (Fsp3) is 0.333. The van der Waals surface area contributed by atoms with Gasteiger partial charge in [-0.25, -0.2) is 0 Å². The largest absolute Gasteiger partial charge is 0.373 e. The lowest BCUT2D eigenvalue weighted by Crippen LogP contribution is -2.19. The number of hydrogen-bond donors (Lipinski definition) is 1. The molecule has 0 fully saturated rings. The van der Waals surface area contributed by atoms with E-state index < -0.39 is 5.60 Å². The molecule has 14 heavy (non-hydrogen) atoms. The first-order chi connectivity index (χ1) is 6.76. The molecule has 0 aliphatic heterocycles. The first-order valence-corrected chi connectivity index (χ1v) is 5.16. The summed E-state index contributed by atoms with van der Waals surface area (Å²) in [4.78, 5) is 0. The normalized spacial score (nSPS) is 23.9. The second kappa shape index (κ2) is 3.65. The highest BCUT2D eigenvalue weighted by Crippen LogP contribution is 2.35. The third-order valence-electron chi connectivity index (χ3n) is 2.58. The summed E-state index contributed by atoms with van der Waals surface area (Å²) in [6.07, 6.45) is 1.57. The zero-order chi connectivity index (χ0) is 10.0. The fourth-order valence-corrected chi connectivity index (χ4v) is 1.97. The van der Waals surface area contributed by atoms with E-state index in [1.165, 1.54) is 5.56 Å². The molecule has 1 N–H and O–H groups in total. The van der Waals surface area contributed by atoms with Gasteiger partial charge in [-0.2, -0.15) is 0 Å². The van der Waals surface area contributed by atoms with E-state index in [-0.39, 0.29) is 5.88 Å². The zero-order valence-corrected chi connectivity index (χ0v) is 8.51. The van der Waals surface area contributed by atoms with E-state index in [1.807, 2.05) is 24.3 Å². The average Bonchev–Trinajstić information content (AvgIpc) is 2.55. The van der Waals surface area contributed by atoms with Crippen molar-refractivity contribution in [2.45, 2.75) is 18.4 Å². The molecule has 1 aromatic carbocycles. The van der Waals surface area contributed by atoms with Crippen LogP contribution in [0.1, 0.15) is 17.5 Å². The molecule has 0 heterocycles. The maximum atomic E-state index is 10.2. The van der Waals surface area contributed by atoms with E-state index >= 15 is 0 Å². The van der Waals surface area contributed by atoms with E-state index in [9.17, 15) is 5.11 Å². The van der Waals surface area contributed by atoms with Crippen LogP contribution < -0.4 is 0 Å². The smallest absolute Gasteiger partial charge is 0.151 e. The molecule has 1 atom stereocenters. The van der Waals surface area contributed by atoms with Crippen LogP contribution in [-0.2, 0) is 12.0 Å². The first-order valence-electron chi connectivity index (χ1n) is 4.63. The molecular formula is C12H11ClO. The van der Waals surface area contributed by atoms with Gasteiger partial charge < -0.3 is 5.11 Å². The van der Waals surface area contributed by atoms with Crippen molar-refractivity contribution in [3.05, 3.63) is 35.4 Å². The number of benzene rings is 1. The summed E-state index contributed by atoms with van der Waals surface area (Å²) in [6.45, 7) is 0. The molecule has 0 aromatic heterocycles. The summed E-state index contributed by atoms with van der Waals surface area (Å²) in [5.41, 5.74) is 1.17. The van der Waals surface area contributed by atoms with Gasteiger partial charge >= 0.3 is 0 Å². The van der Waals surface area contributed by atoms with Gasteiger partial charge in [0.2, 0.25) is 0 Å². The maximum absolute atomic E-state index is 10.2. The Bertz CT molecular complexity index is 402. The standard InChI is InChI=1S/C12H11ClO/c13-9-3-7-12(14)8-6-10-4-1-2-5-11(10)12/h1-2,4-5,14H,6,8-9H2. The summed E-state index contributed by atoms with van der Waals surface area (Å²) in [5.74, 6) is 5.84. The van der Waals surface area contributed by atoms with Crippen molar-refractivity contribution in [1.82, 2.24) is 0 Å². The number of alkyl halides is 1. The van der Waals surface area contributed by atoms with Gasteiger partial charge in [-0.1, -0.05) is 36.1 Å². The third kappa shape index (κ3) is 1.52. The molecule has 1 unspecified atom stereocenters. The van der Waals surface area contributed by atoms with Gasteiger partial charge in [0.1, 0.15) is 0 Å². The number of aryl methyl sites for hydroxylation is 1. The Morgan fingerprint density at radius 3 is 3.00 bits per heavy atom. The summed E-state index contributed by atoms with van der Waals surface area (Å²) in [5, 5.41) is 10.2. The van der Waals surface area contributed by atoms with Crippen molar-refractivity contribution in [2.24, 2.45) is 0 Å². The predicted octanol–water partition coefficient (Wildman–Crippen LogP) is 2.06. The average molecular weight is 207 g/mol. The Morgan fingerprint density at radius 2 is 2.21 bits per heavy atom. The SMILES string of the molecule is OC1(C#CCCl)CCc2ccccc21. The molecule has 0 saturated heterocycles. The van der Waals surface area contributed by atoms with Crippen LogP contribution in [-0.4, -0.2) is 11.0 Å². The fourth-order valence-electron chi connectivity index (χ4n) is 1.90. The molecule has 1 nitrogen and oxygen atoms in total. The van der Waals surface area contributed by atoms with E-state index in [2.05, 4.69) is 11.8 Å². The zero-order valence-electron chi connectivity index (χ0n) is 7.76. The van der Waals surface area contributed by atoms with Crippen LogP contribution in [0.2, 0.25) is 0 Å². The topological polar surface area (TPSA) is 20.2 Å². The van der Waals surface area contributed by atoms with Crippen LogP contribution >= 0.6 is 11.6 Å². The molecule has 1 aliphatic carbocycles. The Balaban J connectivity index is 2.42. The van der Waals surface area contributed by atoms with Crippen LogP contribution in [0.4, 0.5) is 0 Å². The van der Waals surface area contributed by atoms with Gasteiger partial charge in [-0.15, -0.1) is 11.6 Å². The van der Waals surface area contributed by atoms with Gasteiger partial charge in [0.25, 0.3) is 0 Å². The Kier molecular flexibility index (Phi) is 2.50. The molecule has 0 bridgehead atoms. The summed E-state index contributed by atoms with van der Waals surface area (Å²) in [7, 11) is 0. The van der Waals surface area contributed by atoms with Crippen molar-refractivity contribution in [3.8, 4) is 11.8 Å². The second-order valence-electron chi connectivity index (χ2n) is 3.45. The highest BCUT2D eigenvalue weighted by atomic mass is 35.5. The molecule has 0 amide bonds. The lowest BCUT2D eigenvalue weighted by Gasteiger charge is -2.16. The van der Waals surface area contributed by atoms with Gasteiger partial charge in [0.05, 0.1) is 5.88 Å². The molecule has 1 aromatic rings. The van der Waals surface area contributed by atoms with E-state index in [0.717, 1.165) is 12.0 Å². The predicted molar refractivity (Wildman–Crippen MR) is 57.2 cm³/mol. The molecule has 0 spiro atoms. The van der Waals surface area contributed by atoms with Crippen molar-refractivity contribution in [2.75, 3.05) is 5.88 Å². The van der Waals surface area contributed by atoms with Crippen LogP contribution in [0.15, 0.2) is 24.3 Å². The summed E-state index contributed by atoms with van der Waals surface area (Å²) < 4.78 is 0. The second-order valence-corrected chi connectivity index (χ2v) is 3.72. The Morgan fingerprint density at radius 1 is 1.43 bits per heavy atom. The highest BCUT2D eigenvalue weighted by Gasteiger charge is 2.34. The molecular weight excluding hydrogens is 196 g/mol. The van der Waals surface area contributed by atoms with Gasteiger partial charge in [0, 0.05) is 0 Å². The highest BCUT2D eigenvalue weighted by molar-refractivity contribution is 6.19. The molecule has 2 heteroatoms. The van der Waals surface area contributed by atoms with Gasteiger partial charge in [0.15, 0.2) is 5.60 Å². The molecule has 1 aliphatic rings. The van der Waals surface area contributed by atoms with Crippen LogP contribution in [0.3, 0.4) is 0 Å². The van der Waals surface area contributed by atoms with Crippen molar-refractivity contribution >= 4 is 11.6 Å². The minimum Gasteiger partial charge on any atom is -0.373 e. The summed E-state index contributed by atoms with van der Waals surface area (Å²) in [6, 6.07) is 7.89. The molecule has 2 rings (SSSR count). The minimum absolute atomic E-state index is 0.268. The summed E-state index contributed by atoms with van der Waals surface area (Å²) >= 11 is 5.48. The third-order valence-corrected chi connectivity index (χ3v) is 2.71. The number of hydrogen-bond acceptors (Lipinski definition) is 1. The monoisotopic (exact) mass is 206 g/mol. The van der Waals surface area contributed by atoms with Crippen molar-refractivity contribution in [3.63, 3.8) is 0 Å². The molecule has 0 radical (unpaired) electrons. The Labute approximate surface area is 88.7 Å². The van der Waals surface area contributed by atoms with Crippen molar-refractivity contribution < 1.29 is 5.11 Å². The maximum Gasteiger partial charge on any atom is 0.151 e. The number of halogens is 1. The van der Waals surface area contributed by atoms with Gasteiger partial charge in [-0.3, -0.25) is 0 Å². The van der Waals surface area contributed by atoms with E-state index in [1.54, 1.807) is 0 Å². The molecule has 0 saturated carbocycles. The van der Waals surface area contributed by atoms with Crippen LogP contribution in [0, 0.1) is 11.8 Å².